The smallest absolute Gasteiger partial charge is 0.140 e. The lowest BCUT2D eigenvalue weighted by atomic mass is 9.96. The molecule has 1 unspecified atom stereocenters. The number of hydrogen-bond acceptors (Lipinski definition) is 3. The Balaban J connectivity index is 2.55. The van der Waals surface area contributed by atoms with E-state index in [9.17, 15) is 5.11 Å². The van der Waals surface area contributed by atoms with Crippen LogP contribution in [0.1, 0.15) is 32.3 Å². The van der Waals surface area contributed by atoms with Gasteiger partial charge < -0.3 is 10.4 Å². The van der Waals surface area contributed by atoms with Crippen molar-refractivity contribution in [2.75, 3.05) is 11.9 Å². The molecule has 3 nitrogen and oxygen atoms in total. The highest BCUT2D eigenvalue weighted by Crippen LogP contribution is 2.21. The lowest BCUT2D eigenvalue weighted by Crippen LogP contribution is -2.28. The summed E-state index contributed by atoms with van der Waals surface area (Å²) >= 11 is 3.46. The molecule has 0 spiro atoms. The van der Waals surface area contributed by atoms with Crippen LogP contribution in [0.2, 0.25) is 0 Å². The van der Waals surface area contributed by atoms with Crippen LogP contribution in [0.4, 0.5) is 5.82 Å². The Morgan fingerprint density at radius 1 is 1.41 bits per heavy atom. The molecule has 0 saturated heterocycles. The standard InChI is InChI=1S/C13H21BrN2O/c1-4-10(5-2)12(17)8-16-13-11(14)6-9(3)7-15-13/h6-7,10,12,17H,4-5,8H2,1-3H3,(H,15,16). The molecule has 0 bridgehead atoms. The second kappa shape index (κ2) is 6.97. The van der Waals surface area contributed by atoms with E-state index in [1.165, 1.54) is 0 Å². The first-order valence-electron chi connectivity index (χ1n) is 6.12. The fourth-order valence-electron chi connectivity index (χ4n) is 1.86. The molecule has 1 heterocycles. The lowest BCUT2D eigenvalue weighted by molar-refractivity contribution is 0.114. The van der Waals surface area contributed by atoms with E-state index >= 15 is 0 Å². The molecule has 1 aromatic rings. The van der Waals surface area contributed by atoms with Gasteiger partial charge in [0, 0.05) is 12.7 Å². The number of pyridine rings is 1. The second-order valence-electron chi connectivity index (χ2n) is 4.37. The molecular formula is C13H21BrN2O. The van der Waals surface area contributed by atoms with Crippen LogP contribution in [-0.2, 0) is 0 Å². The van der Waals surface area contributed by atoms with Crippen molar-refractivity contribution in [3.63, 3.8) is 0 Å². The molecule has 1 atom stereocenters. The Bertz CT molecular complexity index is 353. The van der Waals surface area contributed by atoms with Gasteiger partial charge in [-0.2, -0.15) is 0 Å². The maximum absolute atomic E-state index is 10.0. The minimum atomic E-state index is -0.319. The van der Waals surface area contributed by atoms with Crippen molar-refractivity contribution in [1.29, 1.82) is 0 Å². The van der Waals surface area contributed by atoms with Crippen molar-refractivity contribution in [3.8, 4) is 0 Å². The average molecular weight is 301 g/mol. The number of anilines is 1. The average Bonchev–Trinajstić information content (AvgIpc) is 2.29. The molecule has 0 amide bonds. The molecule has 17 heavy (non-hydrogen) atoms. The zero-order chi connectivity index (χ0) is 12.8. The Labute approximate surface area is 112 Å². The van der Waals surface area contributed by atoms with Crippen molar-refractivity contribution in [2.45, 2.75) is 39.7 Å². The van der Waals surface area contributed by atoms with E-state index in [-0.39, 0.29) is 6.10 Å². The number of nitrogens with one attached hydrogen (secondary N) is 1. The first-order chi connectivity index (χ1) is 8.08. The summed E-state index contributed by atoms with van der Waals surface area (Å²) in [6.45, 7) is 6.76. The monoisotopic (exact) mass is 300 g/mol. The van der Waals surface area contributed by atoms with Gasteiger partial charge in [-0.15, -0.1) is 0 Å². The summed E-state index contributed by atoms with van der Waals surface area (Å²) in [5.41, 5.74) is 1.11. The number of aromatic nitrogens is 1. The lowest BCUT2D eigenvalue weighted by Gasteiger charge is -2.20. The minimum Gasteiger partial charge on any atom is -0.391 e. The summed E-state index contributed by atoms with van der Waals surface area (Å²) < 4.78 is 0.939. The minimum absolute atomic E-state index is 0.319. The Morgan fingerprint density at radius 3 is 2.59 bits per heavy atom. The molecule has 4 heteroatoms. The summed E-state index contributed by atoms with van der Waals surface area (Å²) in [7, 11) is 0. The molecule has 0 aliphatic carbocycles. The van der Waals surface area contributed by atoms with Crippen LogP contribution in [0.15, 0.2) is 16.7 Å². The van der Waals surface area contributed by atoms with Gasteiger partial charge in [0.1, 0.15) is 5.82 Å². The predicted molar refractivity (Wildman–Crippen MR) is 75.2 cm³/mol. The van der Waals surface area contributed by atoms with Gasteiger partial charge in [0.25, 0.3) is 0 Å². The van der Waals surface area contributed by atoms with Crippen LogP contribution in [-0.4, -0.2) is 22.7 Å². The zero-order valence-corrected chi connectivity index (χ0v) is 12.3. The highest BCUT2D eigenvalue weighted by molar-refractivity contribution is 9.10. The molecule has 0 radical (unpaired) electrons. The van der Waals surface area contributed by atoms with Crippen molar-refractivity contribution in [3.05, 3.63) is 22.3 Å². The molecule has 1 aromatic heterocycles. The number of aryl methyl sites for hydroxylation is 1. The second-order valence-corrected chi connectivity index (χ2v) is 5.22. The van der Waals surface area contributed by atoms with Gasteiger partial charge >= 0.3 is 0 Å². The predicted octanol–water partition coefficient (Wildman–Crippen LogP) is 3.36. The molecule has 0 aliphatic rings. The van der Waals surface area contributed by atoms with E-state index in [0.29, 0.717) is 12.5 Å². The molecule has 0 fully saturated rings. The zero-order valence-electron chi connectivity index (χ0n) is 10.7. The van der Waals surface area contributed by atoms with Crippen molar-refractivity contribution < 1.29 is 5.11 Å². The van der Waals surface area contributed by atoms with Gasteiger partial charge in [-0.3, -0.25) is 0 Å². The van der Waals surface area contributed by atoms with E-state index in [0.717, 1.165) is 28.7 Å². The van der Waals surface area contributed by atoms with E-state index in [2.05, 4.69) is 40.1 Å². The van der Waals surface area contributed by atoms with E-state index in [1.54, 1.807) is 0 Å². The highest BCUT2D eigenvalue weighted by atomic mass is 79.9. The van der Waals surface area contributed by atoms with Crippen molar-refractivity contribution in [2.24, 2.45) is 5.92 Å². The molecule has 0 aliphatic heterocycles. The molecule has 96 valence electrons. The summed E-state index contributed by atoms with van der Waals surface area (Å²) in [6.07, 6.45) is 3.50. The van der Waals surface area contributed by atoms with Crippen LogP contribution < -0.4 is 5.32 Å². The number of aliphatic hydroxyl groups excluding tert-OH is 1. The van der Waals surface area contributed by atoms with Crippen LogP contribution in [0.5, 0.6) is 0 Å². The quantitative estimate of drug-likeness (QED) is 0.847. The van der Waals surface area contributed by atoms with E-state index < -0.39 is 0 Å². The number of hydrogen-bond donors (Lipinski definition) is 2. The Kier molecular flexibility index (Phi) is 5.92. The third-order valence-electron chi connectivity index (χ3n) is 3.05. The molecule has 0 aromatic carbocycles. The van der Waals surface area contributed by atoms with Crippen LogP contribution in [0, 0.1) is 12.8 Å². The van der Waals surface area contributed by atoms with E-state index in [1.807, 2.05) is 19.2 Å². The molecule has 0 saturated carbocycles. The number of nitrogens with zero attached hydrogens (tertiary/aromatic N) is 1. The van der Waals surface area contributed by atoms with Crippen molar-refractivity contribution >= 4 is 21.7 Å². The summed E-state index contributed by atoms with van der Waals surface area (Å²) in [5.74, 6) is 1.15. The molecular weight excluding hydrogens is 280 g/mol. The largest absolute Gasteiger partial charge is 0.391 e. The van der Waals surface area contributed by atoms with Crippen LogP contribution >= 0.6 is 15.9 Å². The fourth-order valence-corrected chi connectivity index (χ4v) is 2.47. The van der Waals surface area contributed by atoms with Crippen molar-refractivity contribution in [1.82, 2.24) is 4.98 Å². The third kappa shape index (κ3) is 4.28. The number of aliphatic hydroxyl groups is 1. The normalized spacial score (nSPS) is 12.8. The van der Waals surface area contributed by atoms with E-state index in [4.69, 9.17) is 0 Å². The summed E-state index contributed by atoms with van der Waals surface area (Å²) in [4.78, 5) is 4.29. The Morgan fingerprint density at radius 2 is 2.06 bits per heavy atom. The topological polar surface area (TPSA) is 45.1 Å². The maximum atomic E-state index is 10.0. The van der Waals surface area contributed by atoms with Gasteiger partial charge in [0.2, 0.25) is 0 Å². The van der Waals surface area contributed by atoms with Gasteiger partial charge in [-0.05, 0) is 40.4 Å². The first kappa shape index (κ1) is 14.5. The molecule has 1 rings (SSSR count). The van der Waals surface area contributed by atoms with Crippen LogP contribution in [0.25, 0.3) is 0 Å². The number of halogens is 1. The highest BCUT2D eigenvalue weighted by Gasteiger charge is 2.15. The first-order valence-corrected chi connectivity index (χ1v) is 6.91. The Hall–Kier alpha value is -0.610. The molecule has 2 N–H and O–H groups in total. The summed E-state index contributed by atoms with van der Waals surface area (Å²) in [5, 5.41) is 13.2. The SMILES string of the molecule is CCC(CC)C(O)CNc1ncc(C)cc1Br. The van der Waals surface area contributed by atoms with Gasteiger partial charge in [0.15, 0.2) is 0 Å². The van der Waals surface area contributed by atoms with Gasteiger partial charge in [-0.1, -0.05) is 26.7 Å². The van der Waals surface area contributed by atoms with Gasteiger partial charge in [0.05, 0.1) is 10.6 Å². The fraction of sp³-hybridized carbons (Fsp3) is 0.615. The number of rotatable bonds is 6. The van der Waals surface area contributed by atoms with Crippen LogP contribution in [0.3, 0.4) is 0 Å². The summed E-state index contributed by atoms with van der Waals surface area (Å²) in [6, 6.07) is 2.01. The third-order valence-corrected chi connectivity index (χ3v) is 3.65. The maximum Gasteiger partial charge on any atom is 0.140 e. The van der Waals surface area contributed by atoms with Gasteiger partial charge in [-0.25, -0.2) is 4.98 Å².